The molecule has 6 N–H and O–H groups in total. The van der Waals surface area contributed by atoms with Gasteiger partial charge in [-0.25, -0.2) is 9.59 Å². The maximum absolute atomic E-state index is 12.8. The fourth-order valence-corrected chi connectivity index (χ4v) is 4.15. The van der Waals surface area contributed by atoms with E-state index in [0.717, 1.165) is 16.2 Å². The summed E-state index contributed by atoms with van der Waals surface area (Å²) in [6, 6.07) is 7.92. The number of amidine groups is 1. The second kappa shape index (κ2) is 11.9. The Balaban J connectivity index is 2.07. The average Bonchev–Trinajstić information content (AvgIpc) is 3.25. The number of nitrogens with two attached hydrogens (primary N) is 1. The number of hydrogen-bond donors (Lipinski definition) is 5. The van der Waals surface area contributed by atoms with Gasteiger partial charge in [-0.2, -0.15) is 0 Å². The van der Waals surface area contributed by atoms with Gasteiger partial charge >= 0.3 is 17.9 Å². The molecule has 11 heteroatoms. The molecule has 0 radical (unpaired) electrons. The Kier molecular flexibility index (Phi) is 9.31. The first-order valence-corrected chi connectivity index (χ1v) is 11.4. The van der Waals surface area contributed by atoms with Crippen molar-refractivity contribution in [2.45, 2.75) is 39.2 Å². The molecule has 0 aliphatic carbocycles. The molecule has 0 bridgehead atoms. The zero-order chi connectivity index (χ0) is 25.4. The highest BCUT2D eigenvalue weighted by Crippen LogP contribution is 2.24. The summed E-state index contributed by atoms with van der Waals surface area (Å²) < 4.78 is 5.34. The number of esters is 1. The molecule has 1 aromatic carbocycles. The van der Waals surface area contributed by atoms with Crippen LogP contribution in [0.1, 0.15) is 46.8 Å². The van der Waals surface area contributed by atoms with E-state index in [1.807, 2.05) is 6.92 Å². The molecule has 2 aromatic rings. The van der Waals surface area contributed by atoms with Crippen molar-refractivity contribution in [3.05, 3.63) is 51.7 Å². The molecule has 1 heterocycles. The van der Waals surface area contributed by atoms with Crippen molar-refractivity contribution < 1.29 is 34.1 Å². The Hall–Kier alpha value is -3.73. The number of amides is 1. The third-order valence-corrected chi connectivity index (χ3v) is 6.24. The average molecular weight is 490 g/mol. The topological polar surface area (TPSA) is 180 Å². The summed E-state index contributed by atoms with van der Waals surface area (Å²) >= 11 is 1.16. The number of carbonyl (C=O) groups is 4. The Morgan fingerprint density at radius 3 is 2.26 bits per heavy atom. The number of aliphatic carboxylic acids is 2. The van der Waals surface area contributed by atoms with Crippen LogP contribution in [0.3, 0.4) is 0 Å². The number of nitrogen functional groups attached to an aromatic ring is 1. The Bertz CT molecular complexity index is 1060. The van der Waals surface area contributed by atoms with Crippen molar-refractivity contribution in [2.24, 2.45) is 17.6 Å². The maximum atomic E-state index is 12.8. The molecule has 0 saturated heterocycles. The van der Waals surface area contributed by atoms with E-state index >= 15 is 0 Å². The second-order valence-corrected chi connectivity index (χ2v) is 8.90. The molecule has 10 nitrogen and oxygen atoms in total. The van der Waals surface area contributed by atoms with Gasteiger partial charge in [0.15, 0.2) is 0 Å². The predicted octanol–water partition coefficient (Wildman–Crippen LogP) is 2.50. The van der Waals surface area contributed by atoms with Gasteiger partial charge in [0.05, 0.1) is 5.92 Å². The van der Waals surface area contributed by atoms with Gasteiger partial charge in [-0.05, 0) is 56.2 Å². The number of ether oxygens (including phenoxy) is 1. The number of nitrogens with one attached hydrogen (secondary N) is 2. The van der Waals surface area contributed by atoms with Crippen LogP contribution < -0.4 is 15.8 Å². The monoisotopic (exact) mass is 489 g/mol. The van der Waals surface area contributed by atoms with Crippen molar-refractivity contribution in [2.75, 3.05) is 0 Å². The van der Waals surface area contributed by atoms with Crippen molar-refractivity contribution >= 4 is 41.0 Å². The molecule has 2 rings (SSSR count). The smallest absolute Gasteiger partial charge is 0.353 e. The van der Waals surface area contributed by atoms with E-state index in [4.69, 9.17) is 21.0 Å². The van der Waals surface area contributed by atoms with Gasteiger partial charge in [0.2, 0.25) is 5.91 Å². The van der Waals surface area contributed by atoms with Gasteiger partial charge in [-0.15, -0.1) is 11.3 Å². The van der Waals surface area contributed by atoms with Crippen LogP contribution in [0, 0.1) is 17.2 Å². The molecule has 0 aliphatic heterocycles. The highest BCUT2D eigenvalue weighted by molar-refractivity contribution is 7.13. The summed E-state index contributed by atoms with van der Waals surface area (Å²) in [5.41, 5.74) is 5.91. The van der Waals surface area contributed by atoms with Crippen molar-refractivity contribution in [3.8, 4) is 5.75 Å². The van der Waals surface area contributed by atoms with Crippen LogP contribution in [0.25, 0.3) is 0 Å². The third kappa shape index (κ3) is 7.14. The van der Waals surface area contributed by atoms with E-state index in [-0.39, 0.29) is 12.3 Å². The molecule has 0 aliphatic rings. The Labute approximate surface area is 200 Å². The number of benzene rings is 1. The maximum Gasteiger partial charge on any atom is 0.353 e. The summed E-state index contributed by atoms with van der Waals surface area (Å²) in [6.07, 6.45) is 1.37. The fourth-order valence-electron chi connectivity index (χ4n) is 3.19. The van der Waals surface area contributed by atoms with Gasteiger partial charge in [-0.3, -0.25) is 15.0 Å². The first-order chi connectivity index (χ1) is 16.0. The van der Waals surface area contributed by atoms with E-state index in [1.165, 1.54) is 19.1 Å². The quantitative estimate of drug-likeness (QED) is 0.130. The van der Waals surface area contributed by atoms with E-state index in [1.54, 1.807) is 24.3 Å². The second-order valence-electron chi connectivity index (χ2n) is 7.73. The number of thiophene rings is 1. The minimum Gasteiger partial charge on any atom is -0.481 e. The first kappa shape index (κ1) is 26.5. The number of rotatable bonds is 12. The minimum atomic E-state index is -1.55. The lowest BCUT2D eigenvalue weighted by Crippen LogP contribution is -2.49. The van der Waals surface area contributed by atoms with Crippen LogP contribution >= 0.6 is 11.3 Å². The summed E-state index contributed by atoms with van der Waals surface area (Å²) in [4.78, 5) is 48.9. The highest BCUT2D eigenvalue weighted by Gasteiger charge is 2.33. The van der Waals surface area contributed by atoms with Crippen LogP contribution in [0.4, 0.5) is 0 Å². The summed E-state index contributed by atoms with van der Waals surface area (Å²) in [5.74, 6) is -5.56. The number of carboxylic acids is 2. The summed E-state index contributed by atoms with van der Waals surface area (Å²) in [7, 11) is 0. The summed E-state index contributed by atoms with van der Waals surface area (Å²) in [5, 5.41) is 28.2. The molecule has 1 amide bonds. The van der Waals surface area contributed by atoms with Gasteiger partial charge in [-0.1, -0.05) is 13.3 Å². The molecule has 1 aromatic heterocycles. The number of carbonyl (C=O) groups excluding carboxylic acids is 2. The predicted molar refractivity (Wildman–Crippen MR) is 125 cm³/mol. The van der Waals surface area contributed by atoms with Gasteiger partial charge in [0.1, 0.15) is 22.5 Å². The van der Waals surface area contributed by atoms with Crippen LogP contribution in [0.2, 0.25) is 0 Å². The molecule has 34 heavy (non-hydrogen) atoms. The van der Waals surface area contributed by atoms with Crippen molar-refractivity contribution in [1.29, 1.82) is 5.41 Å². The lowest BCUT2D eigenvalue weighted by Gasteiger charge is -2.22. The van der Waals surface area contributed by atoms with E-state index < -0.39 is 41.7 Å². The van der Waals surface area contributed by atoms with Crippen LogP contribution in [-0.2, 0) is 20.8 Å². The third-order valence-electron chi connectivity index (χ3n) is 5.15. The molecule has 182 valence electrons. The van der Waals surface area contributed by atoms with Crippen molar-refractivity contribution in [3.63, 3.8) is 0 Å². The highest BCUT2D eigenvalue weighted by atomic mass is 32.1. The molecular formula is C23H27N3O7S. The lowest BCUT2D eigenvalue weighted by atomic mass is 9.95. The first-order valence-electron chi connectivity index (χ1n) is 10.5. The zero-order valence-corrected chi connectivity index (χ0v) is 19.6. The van der Waals surface area contributed by atoms with Gasteiger partial charge < -0.3 is 26.0 Å². The largest absolute Gasteiger partial charge is 0.481 e. The standard InChI is InChI=1S/C23H27N3O7S/c1-3-4-14(20(27)26-18(22(30)31)12(2)21(28)29)11-16-9-10-17(34-16)23(32)33-15-7-5-13(6-8-15)19(24)25/h5-10,12,14,18H,3-4,11H2,1-2H3,(H3,24,25)(H,26,27)(H,28,29)(H,30,31). The molecule has 3 atom stereocenters. The van der Waals surface area contributed by atoms with Gasteiger partial charge in [0, 0.05) is 16.4 Å². The molecule has 0 spiro atoms. The van der Waals surface area contributed by atoms with Crippen molar-refractivity contribution in [1.82, 2.24) is 5.32 Å². The van der Waals surface area contributed by atoms with Crippen LogP contribution in [0.5, 0.6) is 5.75 Å². The molecule has 0 saturated carbocycles. The molecule has 0 fully saturated rings. The Morgan fingerprint density at radius 2 is 1.74 bits per heavy atom. The Morgan fingerprint density at radius 1 is 1.09 bits per heavy atom. The summed E-state index contributed by atoms with van der Waals surface area (Å²) in [6.45, 7) is 3.10. The zero-order valence-electron chi connectivity index (χ0n) is 18.7. The SMILES string of the molecule is CCCC(Cc1ccc(C(=O)Oc2ccc(C(=N)N)cc2)s1)C(=O)NC(C(=O)O)C(C)C(=O)O. The van der Waals surface area contributed by atoms with Gasteiger partial charge in [0.25, 0.3) is 0 Å². The fraction of sp³-hybridized carbons (Fsp3) is 0.348. The number of hydrogen-bond acceptors (Lipinski definition) is 7. The molecule has 3 unspecified atom stereocenters. The van der Waals surface area contributed by atoms with E-state index in [9.17, 15) is 24.3 Å². The lowest BCUT2D eigenvalue weighted by molar-refractivity contribution is -0.151. The minimum absolute atomic E-state index is 0.0986. The molecular weight excluding hydrogens is 462 g/mol. The number of carboxylic acid groups (broad SMARTS) is 2. The van der Waals surface area contributed by atoms with E-state index in [2.05, 4.69) is 5.32 Å². The van der Waals surface area contributed by atoms with Crippen LogP contribution in [-0.4, -0.2) is 45.9 Å². The van der Waals surface area contributed by atoms with Crippen LogP contribution in [0.15, 0.2) is 36.4 Å². The van der Waals surface area contributed by atoms with E-state index in [0.29, 0.717) is 29.0 Å². The normalized spacial score (nSPS) is 13.4.